The Morgan fingerprint density at radius 2 is 1.52 bits per heavy atom. The molecule has 0 spiro atoms. The molecule has 4 rings (SSSR count). The van der Waals surface area contributed by atoms with Gasteiger partial charge in [0, 0.05) is 31.9 Å². The standard InChI is InChI=1S/C25H24F3N3O2/c1-17(23(32)29-20-11-10-18-6-2-3-7-19(18)16-20)30-12-14-31(15-13-30)24(33)21-8-4-5-9-22(21)25(26,27)28/h2-11,16-17H,12-15H2,1H3,(H,29,32). The van der Waals surface area contributed by atoms with Crippen LogP contribution in [-0.2, 0) is 11.0 Å². The summed E-state index contributed by atoms with van der Waals surface area (Å²) in [5, 5.41) is 5.03. The van der Waals surface area contributed by atoms with Crippen LogP contribution in [0.5, 0.6) is 0 Å². The third-order valence-electron chi connectivity index (χ3n) is 6.01. The first-order valence-corrected chi connectivity index (χ1v) is 10.7. The lowest BCUT2D eigenvalue weighted by Gasteiger charge is -2.37. The summed E-state index contributed by atoms with van der Waals surface area (Å²) in [5.74, 6) is -0.816. The highest BCUT2D eigenvalue weighted by molar-refractivity contribution is 5.97. The van der Waals surface area contributed by atoms with E-state index >= 15 is 0 Å². The predicted molar refractivity (Wildman–Crippen MR) is 121 cm³/mol. The van der Waals surface area contributed by atoms with Crippen molar-refractivity contribution in [2.24, 2.45) is 0 Å². The van der Waals surface area contributed by atoms with Gasteiger partial charge in [0.1, 0.15) is 0 Å². The van der Waals surface area contributed by atoms with Gasteiger partial charge in [-0.15, -0.1) is 0 Å². The van der Waals surface area contributed by atoms with Crippen LogP contribution in [0.4, 0.5) is 18.9 Å². The summed E-state index contributed by atoms with van der Waals surface area (Å²) in [7, 11) is 0. The first kappa shape index (κ1) is 22.8. The average molecular weight is 455 g/mol. The highest BCUT2D eigenvalue weighted by atomic mass is 19.4. The SMILES string of the molecule is CC(C(=O)Nc1ccc2ccccc2c1)N1CCN(C(=O)c2ccccc2C(F)(F)F)CC1. The van der Waals surface area contributed by atoms with Crippen molar-refractivity contribution in [2.75, 3.05) is 31.5 Å². The summed E-state index contributed by atoms with van der Waals surface area (Å²) in [4.78, 5) is 28.9. The first-order valence-electron chi connectivity index (χ1n) is 10.7. The number of nitrogens with one attached hydrogen (secondary N) is 1. The second-order valence-corrected chi connectivity index (χ2v) is 8.10. The van der Waals surface area contributed by atoms with Crippen LogP contribution in [0.15, 0.2) is 66.7 Å². The normalized spacial score (nSPS) is 15.9. The number of benzene rings is 3. The van der Waals surface area contributed by atoms with E-state index in [1.807, 2.05) is 47.4 Å². The van der Waals surface area contributed by atoms with Gasteiger partial charge in [-0.25, -0.2) is 0 Å². The smallest absolute Gasteiger partial charge is 0.336 e. The van der Waals surface area contributed by atoms with Crippen molar-refractivity contribution in [3.05, 3.63) is 77.9 Å². The zero-order valence-electron chi connectivity index (χ0n) is 18.1. The highest BCUT2D eigenvalue weighted by Crippen LogP contribution is 2.32. The molecule has 1 heterocycles. The lowest BCUT2D eigenvalue weighted by Crippen LogP contribution is -2.54. The van der Waals surface area contributed by atoms with Crippen LogP contribution < -0.4 is 5.32 Å². The van der Waals surface area contributed by atoms with Gasteiger partial charge in [0.25, 0.3) is 5.91 Å². The molecule has 1 saturated heterocycles. The number of carbonyl (C=O) groups excluding carboxylic acids is 2. The van der Waals surface area contributed by atoms with E-state index in [0.29, 0.717) is 18.8 Å². The lowest BCUT2D eigenvalue weighted by atomic mass is 10.1. The lowest BCUT2D eigenvalue weighted by molar-refractivity contribution is -0.138. The van der Waals surface area contributed by atoms with Crippen molar-refractivity contribution >= 4 is 28.3 Å². The molecule has 1 fully saturated rings. The molecule has 33 heavy (non-hydrogen) atoms. The molecule has 5 nitrogen and oxygen atoms in total. The fourth-order valence-electron chi connectivity index (χ4n) is 4.08. The molecular formula is C25H24F3N3O2. The maximum absolute atomic E-state index is 13.3. The maximum atomic E-state index is 13.3. The molecule has 0 bridgehead atoms. The van der Waals surface area contributed by atoms with Crippen molar-refractivity contribution in [1.82, 2.24) is 9.80 Å². The van der Waals surface area contributed by atoms with Crippen LogP contribution in [0, 0.1) is 0 Å². The van der Waals surface area contributed by atoms with Gasteiger partial charge in [0.2, 0.25) is 5.91 Å². The molecule has 1 aliphatic heterocycles. The fraction of sp³-hybridized carbons (Fsp3) is 0.280. The molecule has 3 aromatic rings. The van der Waals surface area contributed by atoms with Gasteiger partial charge in [-0.1, -0.05) is 42.5 Å². The van der Waals surface area contributed by atoms with Gasteiger partial charge in [0.05, 0.1) is 17.2 Å². The third-order valence-corrected chi connectivity index (χ3v) is 6.01. The predicted octanol–water partition coefficient (Wildman–Crippen LogP) is 4.64. The van der Waals surface area contributed by atoms with E-state index in [1.54, 1.807) is 6.92 Å². The summed E-state index contributed by atoms with van der Waals surface area (Å²) >= 11 is 0. The quantitative estimate of drug-likeness (QED) is 0.624. The number of carbonyl (C=O) groups is 2. The number of alkyl halides is 3. The highest BCUT2D eigenvalue weighted by Gasteiger charge is 2.36. The summed E-state index contributed by atoms with van der Waals surface area (Å²) < 4.78 is 39.8. The van der Waals surface area contributed by atoms with E-state index in [1.165, 1.54) is 23.1 Å². The summed E-state index contributed by atoms with van der Waals surface area (Å²) in [6.07, 6.45) is -4.59. The van der Waals surface area contributed by atoms with E-state index in [2.05, 4.69) is 5.32 Å². The molecule has 0 aliphatic carbocycles. The van der Waals surface area contributed by atoms with Gasteiger partial charge in [0.15, 0.2) is 0 Å². The van der Waals surface area contributed by atoms with Gasteiger partial charge in [-0.2, -0.15) is 13.2 Å². The Morgan fingerprint density at radius 1 is 0.879 bits per heavy atom. The van der Waals surface area contributed by atoms with Crippen molar-refractivity contribution < 1.29 is 22.8 Å². The molecule has 0 aromatic heterocycles. The zero-order chi connectivity index (χ0) is 23.6. The number of anilines is 1. The number of halogens is 3. The third kappa shape index (κ3) is 5.01. The molecule has 2 amide bonds. The molecule has 0 saturated carbocycles. The summed E-state index contributed by atoms with van der Waals surface area (Å²) in [6.45, 7) is 3.07. The van der Waals surface area contributed by atoms with Crippen molar-refractivity contribution in [1.29, 1.82) is 0 Å². The Bertz CT molecular complexity index is 1170. The van der Waals surface area contributed by atoms with Crippen LogP contribution in [0.2, 0.25) is 0 Å². The molecule has 8 heteroatoms. The molecule has 0 radical (unpaired) electrons. The van der Waals surface area contributed by atoms with E-state index in [9.17, 15) is 22.8 Å². The minimum absolute atomic E-state index is 0.174. The van der Waals surface area contributed by atoms with E-state index in [-0.39, 0.29) is 24.6 Å². The Balaban J connectivity index is 1.37. The van der Waals surface area contributed by atoms with E-state index in [4.69, 9.17) is 0 Å². The molecule has 1 N–H and O–H groups in total. The number of piperazine rings is 1. The summed E-state index contributed by atoms with van der Waals surface area (Å²) in [6, 6.07) is 17.9. The largest absolute Gasteiger partial charge is 0.417 e. The number of hydrogen-bond acceptors (Lipinski definition) is 3. The topological polar surface area (TPSA) is 52.7 Å². The van der Waals surface area contributed by atoms with Crippen molar-refractivity contribution in [3.63, 3.8) is 0 Å². The van der Waals surface area contributed by atoms with Gasteiger partial charge < -0.3 is 10.2 Å². The molecule has 3 aromatic carbocycles. The van der Waals surface area contributed by atoms with Crippen LogP contribution >= 0.6 is 0 Å². The van der Waals surface area contributed by atoms with Crippen LogP contribution in [0.1, 0.15) is 22.8 Å². The van der Waals surface area contributed by atoms with Crippen LogP contribution in [0.3, 0.4) is 0 Å². The average Bonchev–Trinajstić information content (AvgIpc) is 2.82. The number of amides is 2. The maximum Gasteiger partial charge on any atom is 0.417 e. The molecule has 1 unspecified atom stereocenters. The monoisotopic (exact) mass is 455 g/mol. The minimum atomic E-state index is -4.59. The Labute approximate surface area is 189 Å². The molecular weight excluding hydrogens is 431 g/mol. The zero-order valence-corrected chi connectivity index (χ0v) is 18.1. The minimum Gasteiger partial charge on any atom is -0.336 e. The number of rotatable bonds is 4. The molecule has 1 aliphatic rings. The van der Waals surface area contributed by atoms with Crippen molar-refractivity contribution in [2.45, 2.75) is 19.1 Å². The number of hydrogen-bond donors (Lipinski definition) is 1. The van der Waals surface area contributed by atoms with Crippen LogP contribution in [-0.4, -0.2) is 53.8 Å². The van der Waals surface area contributed by atoms with Gasteiger partial charge >= 0.3 is 6.18 Å². The Morgan fingerprint density at radius 3 is 2.21 bits per heavy atom. The van der Waals surface area contributed by atoms with Crippen molar-refractivity contribution in [3.8, 4) is 0 Å². The molecule has 172 valence electrons. The van der Waals surface area contributed by atoms with Gasteiger partial charge in [-0.3, -0.25) is 14.5 Å². The van der Waals surface area contributed by atoms with Gasteiger partial charge in [-0.05, 0) is 42.0 Å². The second-order valence-electron chi connectivity index (χ2n) is 8.10. The number of fused-ring (bicyclic) bond motifs is 1. The second kappa shape index (κ2) is 9.23. The Hall–Kier alpha value is -3.39. The first-order chi connectivity index (χ1) is 15.7. The van der Waals surface area contributed by atoms with E-state index in [0.717, 1.165) is 16.8 Å². The number of nitrogens with zero attached hydrogens (tertiary/aromatic N) is 2. The van der Waals surface area contributed by atoms with E-state index < -0.39 is 23.7 Å². The van der Waals surface area contributed by atoms with Crippen LogP contribution in [0.25, 0.3) is 10.8 Å². The summed E-state index contributed by atoms with van der Waals surface area (Å²) in [5.41, 5.74) is -0.579. The Kier molecular flexibility index (Phi) is 6.37. The fourth-order valence-corrected chi connectivity index (χ4v) is 4.08. The molecule has 1 atom stereocenters.